The number of allylic oxidation sites excluding steroid dienone is 2. The smallest absolute Gasteiger partial charge is 0.313 e. The number of rotatable bonds is 3. The zero-order valence-corrected chi connectivity index (χ0v) is 15.6. The molecule has 0 aromatic heterocycles. The van der Waals surface area contributed by atoms with Gasteiger partial charge in [-0.3, -0.25) is 4.79 Å². The number of carbonyl (C=O) groups excluding carboxylic acids is 1. The lowest BCUT2D eigenvalue weighted by molar-refractivity contribution is -0.144. The Hall–Kier alpha value is -1.22. The van der Waals surface area contributed by atoms with Gasteiger partial charge in [0.05, 0.1) is 13.0 Å². The van der Waals surface area contributed by atoms with E-state index in [1.807, 2.05) is 18.2 Å². The molecule has 2 aliphatic rings. The Bertz CT molecular complexity index is 571. The highest BCUT2D eigenvalue weighted by molar-refractivity contribution is 8.03. The van der Waals surface area contributed by atoms with Gasteiger partial charge in [-0.1, -0.05) is 42.8 Å². The van der Waals surface area contributed by atoms with E-state index in [0.29, 0.717) is 5.92 Å². The summed E-state index contributed by atoms with van der Waals surface area (Å²) in [6, 6.07) is 10.2. The van der Waals surface area contributed by atoms with Crippen LogP contribution in [0.4, 0.5) is 0 Å². The Morgan fingerprint density at radius 1 is 1.17 bits per heavy atom. The first-order valence-electron chi connectivity index (χ1n) is 9.19. The third-order valence-corrected chi connectivity index (χ3v) is 6.74. The van der Waals surface area contributed by atoms with Gasteiger partial charge in [-0.25, -0.2) is 0 Å². The van der Waals surface area contributed by atoms with Crippen molar-refractivity contribution in [3.8, 4) is 0 Å². The molecule has 3 heteroatoms. The molecular weight excluding hydrogens is 316 g/mol. The number of ether oxygens (including phenoxy) is 1. The molecular formula is C21H28O2S. The van der Waals surface area contributed by atoms with E-state index in [-0.39, 0.29) is 11.9 Å². The molecule has 0 amide bonds. The molecule has 3 unspecified atom stereocenters. The van der Waals surface area contributed by atoms with E-state index in [2.05, 4.69) is 30.8 Å². The molecule has 0 saturated carbocycles. The lowest BCUT2D eigenvalue weighted by atomic mass is 9.80. The first-order chi connectivity index (χ1) is 11.7. The van der Waals surface area contributed by atoms with Crippen LogP contribution in [-0.2, 0) is 9.53 Å². The zero-order valence-electron chi connectivity index (χ0n) is 14.8. The van der Waals surface area contributed by atoms with Crippen LogP contribution in [-0.4, -0.2) is 18.3 Å². The van der Waals surface area contributed by atoms with E-state index in [1.165, 1.54) is 39.2 Å². The fourth-order valence-electron chi connectivity index (χ4n) is 4.27. The van der Waals surface area contributed by atoms with Crippen LogP contribution < -0.4 is 0 Å². The third kappa shape index (κ3) is 4.05. The maximum atomic E-state index is 12.5. The van der Waals surface area contributed by atoms with E-state index in [1.54, 1.807) is 10.5 Å². The summed E-state index contributed by atoms with van der Waals surface area (Å²) in [6.45, 7) is 2.34. The molecule has 0 radical (unpaired) electrons. The monoisotopic (exact) mass is 344 g/mol. The molecule has 1 aromatic carbocycles. The van der Waals surface area contributed by atoms with Crippen LogP contribution in [0.1, 0.15) is 63.4 Å². The van der Waals surface area contributed by atoms with Gasteiger partial charge in [0.2, 0.25) is 0 Å². The van der Waals surface area contributed by atoms with Gasteiger partial charge in [-0.15, -0.1) is 11.8 Å². The minimum absolute atomic E-state index is 0.0751. The Morgan fingerprint density at radius 2 is 1.88 bits per heavy atom. The minimum Gasteiger partial charge on any atom is -0.469 e. The molecule has 24 heavy (non-hydrogen) atoms. The van der Waals surface area contributed by atoms with Gasteiger partial charge in [0.25, 0.3) is 0 Å². The standard InChI is InChI=1S/C21H28O2S/c1-15-14-18-12-6-10-17(11-7-13-19(18)24-15)20(21(22)23-2)16-8-4-3-5-9-16/h3-5,8-9,15,17,20H,6-7,10-14H2,1-2H3. The summed E-state index contributed by atoms with van der Waals surface area (Å²) in [7, 11) is 1.52. The van der Waals surface area contributed by atoms with Crippen LogP contribution in [0.25, 0.3) is 0 Å². The highest BCUT2D eigenvalue weighted by atomic mass is 32.2. The molecule has 0 fully saturated rings. The molecule has 0 saturated heterocycles. The number of carbonyl (C=O) groups is 1. The third-order valence-electron chi connectivity index (χ3n) is 5.39. The second-order valence-electron chi connectivity index (χ2n) is 7.12. The van der Waals surface area contributed by atoms with Crippen molar-refractivity contribution < 1.29 is 9.53 Å². The summed E-state index contributed by atoms with van der Waals surface area (Å²) in [5, 5.41) is 0.761. The lowest BCUT2D eigenvalue weighted by Gasteiger charge is -2.25. The summed E-state index contributed by atoms with van der Waals surface area (Å²) in [5.41, 5.74) is 2.81. The Labute approximate surface area is 150 Å². The average Bonchev–Trinajstić information content (AvgIpc) is 2.97. The molecule has 0 N–H and O–H groups in total. The number of hydrogen-bond acceptors (Lipinski definition) is 3. The van der Waals surface area contributed by atoms with E-state index in [0.717, 1.165) is 23.7 Å². The molecule has 0 bridgehead atoms. The van der Waals surface area contributed by atoms with Gasteiger partial charge in [0.1, 0.15) is 0 Å². The SMILES string of the molecule is COC(=O)C(c1ccccc1)C1CCCC2=C(CCC1)SC(C)C2. The van der Waals surface area contributed by atoms with Gasteiger partial charge in [0, 0.05) is 5.25 Å². The van der Waals surface area contributed by atoms with Crippen molar-refractivity contribution in [3.63, 3.8) is 0 Å². The summed E-state index contributed by atoms with van der Waals surface area (Å²) < 4.78 is 5.16. The minimum atomic E-state index is -0.115. The largest absolute Gasteiger partial charge is 0.469 e. The average molecular weight is 345 g/mol. The lowest BCUT2D eigenvalue weighted by Crippen LogP contribution is -2.23. The molecule has 1 aromatic rings. The number of esters is 1. The van der Waals surface area contributed by atoms with Gasteiger partial charge in [-0.05, 0) is 61.3 Å². The number of methoxy groups -OCH3 is 1. The Morgan fingerprint density at radius 3 is 2.58 bits per heavy atom. The second kappa shape index (κ2) is 8.24. The molecule has 130 valence electrons. The predicted octanol–water partition coefficient (Wildman–Crippen LogP) is 5.69. The molecule has 0 spiro atoms. The van der Waals surface area contributed by atoms with Crippen molar-refractivity contribution in [1.82, 2.24) is 0 Å². The first kappa shape index (κ1) is 17.6. The summed E-state index contributed by atoms with van der Waals surface area (Å²) >= 11 is 2.09. The quantitative estimate of drug-likeness (QED) is 0.659. The van der Waals surface area contributed by atoms with Crippen LogP contribution in [0.3, 0.4) is 0 Å². The second-order valence-corrected chi connectivity index (χ2v) is 8.65. The maximum absolute atomic E-state index is 12.5. The Balaban J connectivity index is 1.74. The van der Waals surface area contributed by atoms with Crippen LogP contribution in [0.5, 0.6) is 0 Å². The van der Waals surface area contributed by atoms with Crippen molar-refractivity contribution in [2.24, 2.45) is 5.92 Å². The predicted molar refractivity (Wildman–Crippen MR) is 101 cm³/mol. The molecule has 1 heterocycles. The Kier molecular flexibility index (Phi) is 6.04. The highest BCUT2D eigenvalue weighted by Gasteiger charge is 2.31. The van der Waals surface area contributed by atoms with Crippen molar-refractivity contribution in [3.05, 3.63) is 46.4 Å². The summed E-state index contributed by atoms with van der Waals surface area (Å²) in [5.74, 6) is 0.201. The van der Waals surface area contributed by atoms with Gasteiger partial charge >= 0.3 is 5.97 Å². The van der Waals surface area contributed by atoms with Gasteiger partial charge in [0.15, 0.2) is 0 Å². The highest BCUT2D eigenvalue weighted by Crippen LogP contribution is 2.45. The van der Waals surface area contributed by atoms with Crippen LogP contribution in [0.2, 0.25) is 0 Å². The maximum Gasteiger partial charge on any atom is 0.313 e. The van der Waals surface area contributed by atoms with E-state index in [9.17, 15) is 4.79 Å². The summed E-state index contributed by atoms with van der Waals surface area (Å²) in [6.07, 6.45) is 8.28. The normalized spacial score (nSPS) is 26.1. The number of benzene rings is 1. The van der Waals surface area contributed by atoms with Crippen molar-refractivity contribution >= 4 is 17.7 Å². The van der Waals surface area contributed by atoms with E-state index in [4.69, 9.17) is 4.74 Å². The molecule has 1 aliphatic carbocycles. The van der Waals surface area contributed by atoms with Crippen LogP contribution >= 0.6 is 11.8 Å². The van der Waals surface area contributed by atoms with Crippen LogP contribution in [0, 0.1) is 5.92 Å². The van der Waals surface area contributed by atoms with Crippen molar-refractivity contribution in [2.75, 3.05) is 7.11 Å². The number of hydrogen-bond donors (Lipinski definition) is 0. The fourth-order valence-corrected chi connectivity index (χ4v) is 5.66. The molecule has 1 aliphatic heterocycles. The van der Waals surface area contributed by atoms with Crippen LogP contribution in [0.15, 0.2) is 40.8 Å². The van der Waals surface area contributed by atoms with Gasteiger partial charge in [-0.2, -0.15) is 0 Å². The molecule has 3 atom stereocenters. The topological polar surface area (TPSA) is 26.3 Å². The van der Waals surface area contributed by atoms with Crippen molar-refractivity contribution in [2.45, 2.75) is 63.0 Å². The summed E-state index contributed by atoms with van der Waals surface area (Å²) in [4.78, 5) is 14.1. The number of thioether (sulfide) groups is 1. The van der Waals surface area contributed by atoms with Crippen molar-refractivity contribution in [1.29, 1.82) is 0 Å². The van der Waals surface area contributed by atoms with Gasteiger partial charge < -0.3 is 4.74 Å². The zero-order chi connectivity index (χ0) is 16.9. The first-order valence-corrected chi connectivity index (χ1v) is 10.1. The van der Waals surface area contributed by atoms with E-state index < -0.39 is 0 Å². The molecule has 3 rings (SSSR count). The van der Waals surface area contributed by atoms with E-state index >= 15 is 0 Å². The molecule has 2 nitrogen and oxygen atoms in total. The fraction of sp³-hybridized carbons (Fsp3) is 0.571.